The lowest BCUT2D eigenvalue weighted by molar-refractivity contribution is 0.0966. The average Bonchev–Trinajstić information content (AvgIpc) is 2.86. The van der Waals surface area contributed by atoms with E-state index in [1.807, 2.05) is 54.6 Å². The van der Waals surface area contributed by atoms with Crippen molar-refractivity contribution >= 4 is 33.3 Å². The van der Waals surface area contributed by atoms with E-state index in [1.165, 1.54) is 4.68 Å². The molecule has 3 aromatic rings. The normalized spacial score (nSPS) is 10.6. The fourth-order valence-electron chi connectivity index (χ4n) is 2.10. The second kappa shape index (κ2) is 6.42. The number of nitrogens with zero attached hydrogens (tertiary/aromatic N) is 3. The summed E-state index contributed by atoms with van der Waals surface area (Å²) >= 11 is 8.91. The molecule has 1 aromatic heterocycles. The van der Waals surface area contributed by atoms with Crippen molar-refractivity contribution in [3.63, 3.8) is 0 Å². The van der Waals surface area contributed by atoms with Crippen LogP contribution in [0.3, 0.4) is 0 Å². The molecule has 0 amide bonds. The molecule has 2 aromatic carbocycles. The maximum atomic E-state index is 12.3. The van der Waals surface area contributed by atoms with E-state index in [0.717, 1.165) is 11.1 Å². The average molecular weight is 377 g/mol. The Morgan fingerprint density at radius 3 is 2.27 bits per heavy atom. The van der Waals surface area contributed by atoms with E-state index >= 15 is 0 Å². The molecular formula is C16H11BrClN3O. The molecule has 4 nitrogen and oxygen atoms in total. The van der Waals surface area contributed by atoms with E-state index in [2.05, 4.69) is 26.0 Å². The van der Waals surface area contributed by atoms with Gasteiger partial charge in [-0.05, 0) is 38.7 Å². The number of ketones is 1. The molecule has 0 saturated carbocycles. The SMILES string of the molecule is O=C(Cn1nc(Cl)nc1Br)c1ccc(-c2ccccc2)cc1. The molecule has 0 saturated heterocycles. The zero-order valence-corrected chi connectivity index (χ0v) is 13.8. The summed E-state index contributed by atoms with van der Waals surface area (Å²) in [5.41, 5.74) is 2.81. The molecule has 22 heavy (non-hydrogen) atoms. The van der Waals surface area contributed by atoms with E-state index in [-0.39, 0.29) is 17.6 Å². The molecule has 6 heteroatoms. The molecule has 0 unspecified atom stereocenters. The molecule has 0 aliphatic rings. The number of carbonyl (C=O) groups excluding carboxylic acids is 1. The molecule has 0 atom stereocenters. The number of hydrogen-bond acceptors (Lipinski definition) is 3. The predicted octanol–water partition coefficient (Wildman–Crippen LogP) is 4.24. The molecule has 0 radical (unpaired) electrons. The lowest BCUT2D eigenvalue weighted by atomic mass is 10.0. The number of benzene rings is 2. The van der Waals surface area contributed by atoms with E-state index < -0.39 is 0 Å². The quantitative estimate of drug-likeness (QED) is 0.640. The molecule has 110 valence electrons. The molecule has 1 heterocycles. The monoisotopic (exact) mass is 375 g/mol. The summed E-state index contributed by atoms with van der Waals surface area (Å²) < 4.78 is 1.86. The summed E-state index contributed by atoms with van der Waals surface area (Å²) in [5.74, 6) is -0.0538. The molecule has 0 fully saturated rings. The number of rotatable bonds is 4. The van der Waals surface area contributed by atoms with Crippen LogP contribution in [0, 0.1) is 0 Å². The molecule has 0 aliphatic heterocycles. The first-order valence-electron chi connectivity index (χ1n) is 6.58. The van der Waals surface area contributed by atoms with Crippen molar-refractivity contribution in [2.75, 3.05) is 0 Å². The highest BCUT2D eigenvalue weighted by atomic mass is 79.9. The van der Waals surface area contributed by atoms with Crippen molar-refractivity contribution in [3.8, 4) is 11.1 Å². The Labute approximate surface area is 140 Å². The lowest BCUT2D eigenvalue weighted by Crippen LogP contribution is -2.12. The van der Waals surface area contributed by atoms with Gasteiger partial charge in [0.25, 0.3) is 0 Å². The van der Waals surface area contributed by atoms with Gasteiger partial charge in [0.15, 0.2) is 10.5 Å². The predicted molar refractivity (Wildman–Crippen MR) is 88.9 cm³/mol. The van der Waals surface area contributed by atoms with Gasteiger partial charge in [-0.2, -0.15) is 4.98 Å². The van der Waals surface area contributed by atoms with Crippen LogP contribution in [0.4, 0.5) is 0 Å². The van der Waals surface area contributed by atoms with Gasteiger partial charge >= 0.3 is 0 Å². The number of Topliss-reactive ketones (excluding diaryl/α,β-unsaturated/α-hetero) is 1. The van der Waals surface area contributed by atoms with Crippen LogP contribution in [-0.4, -0.2) is 20.5 Å². The van der Waals surface area contributed by atoms with Crippen LogP contribution in [0.2, 0.25) is 5.28 Å². The summed E-state index contributed by atoms with van der Waals surface area (Å²) in [6, 6.07) is 17.5. The van der Waals surface area contributed by atoms with Crippen molar-refractivity contribution in [1.29, 1.82) is 0 Å². The van der Waals surface area contributed by atoms with Gasteiger partial charge in [0.1, 0.15) is 6.54 Å². The minimum Gasteiger partial charge on any atom is -0.292 e. The van der Waals surface area contributed by atoms with Crippen LogP contribution in [0.5, 0.6) is 0 Å². The van der Waals surface area contributed by atoms with Gasteiger partial charge in [-0.1, -0.05) is 54.6 Å². The second-order valence-corrected chi connectivity index (χ2v) is 5.72. The van der Waals surface area contributed by atoms with Gasteiger partial charge < -0.3 is 0 Å². The summed E-state index contributed by atoms with van der Waals surface area (Å²) in [6.07, 6.45) is 0. The van der Waals surface area contributed by atoms with Gasteiger partial charge in [-0.15, -0.1) is 5.10 Å². The summed E-state index contributed by atoms with van der Waals surface area (Å²) in [4.78, 5) is 16.2. The Balaban J connectivity index is 1.78. The first kappa shape index (κ1) is 14.9. The van der Waals surface area contributed by atoms with Crippen molar-refractivity contribution in [3.05, 3.63) is 70.2 Å². The highest BCUT2D eigenvalue weighted by Crippen LogP contribution is 2.20. The highest BCUT2D eigenvalue weighted by Gasteiger charge is 2.12. The minimum atomic E-state index is -0.0538. The first-order chi connectivity index (χ1) is 10.6. The van der Waals surface area contributed by atoms with E-state index in [4.69, 9.17) is 11.6 Å². The standard InChI is InChI=1S/C16H11BrClN3O/c17-15-19-16(18)20-21(15)10-14(22)13-8-6-12(7-9-13)11-4-2-1-3-5-11/h1-9H,10H2. The van der Waals surface area contributed by atoms with Crippen molar-refractivity contribution in [1.82, 2.24) is 14.8 Å². The number of aromatic nitrogens is 3. The summed E-state index contributed by atoms with van der Waals surface area (Å²) in [6.45, 7) is 0.0883. The summed E-state index contributed by atoms with van der Waals surface area (Å²) in [5, 5.41) is 4.05. The van der Waals surface area contributed by atoms with Gasteiger partial charge in [-0.25, -0.2) is 4.68 Å². The van der Waals surface area contributed by atoms with E-state index in [9.17, 15) is 4.79 Å². The maximum Gasteiger partial charge on any atom is 0.243 e. The number of hydrogen-bond donors (Lipinski definition) is 0. The third-order valence-corrected chi connectivity index (χ3v) is 3.95. The summed E-state index contributed by atoms with van der Waals surface area (Å²) in [7, 11) is 0. The highest BCUT2D eigenvalue weighted by molar-refractivity contribution is 9.10. The Kier molecular flexibility index (Phi) is 4.36. The van der Waals surface area contributed by atoms with Gasteiger partial charge in [0, 0.05) is 5.56 Å². The van der Waals surface area contributed by atoms with Crippen molar-refractivity contribution in [2.45, 2.75) is 6.54 Å². The second-order valence-electron chi connectivity index (χ2n) is 4.67. The molecule has 3 rings (SSSR count). The van der Waals surface area contributed by atoms with Crippen LogP contribution in [-0.2, 0) is 6.54 Å². The van der Waals surface area contributed by atoms with Crippen molar-refractivity contribution < 1.29 is 4.79 Å². The Morgan fingerprint density at radius 2 is 1.68 bits per heavy atom. The Bertz CT molecular complexity index is 800. The third-order valence-electron chi connectivity index (χ3n) is 3.21. The van der Waals surface area contributed by atoms with Gasteiger partial charge in [-0.3, -0.25) is 4.79 Å². The number of halogens is 2. The molecule has 0 N–H and O–H groups in total. The van der Waals surface area contributed by atoms with Gasteiger partial charge in [0.2, 0.25) is 5.28 Å². The maximum absolute atomic E-state index is 12.3. The van der Waals surface area contributed by atoms with Crippen LogP contribution in [0.1, 0.15) is 10.4 Å². The smallest absolute Gasteiger partial charge is 0.243 e. The molecular weight excluding hydrogens is 366 g/mol. The van der Waals surface area contributed by atoms with Crippen LogP contribution in [0.25, 0.3) is 11.1 Å². The topological polar surface area (TPSA) is 47.8 Å². The van der Waals surface area contributed by atoms with Crippen LogP contribution in [0.15, 0.2) is 59.3 Å². The first-order valence-corrected chi connectivity index (χ1v) is 7.75. The Hall–Kier alpha value is -1.98. The van der Waals surface area contributed by atoms with Crippen LogP contribution < -0.4 is 0 Å². The van der Waals surface area contributed by atoms with Crippen molar-refractivity contribution in [2.24, 2.45) is 0 Å². The van der Waals surface area contributed by atoms with E-state index in [1.54, 1.807) is 0 Å². The third kappa shape index (κ3) is 3.26. The fourth-order valence-corrected chi connectivity index (χ4v) is 2.75. The van der Waals surface area contributed by atoms with E-state index in [0.29, 0.717) is 10.3 Å². The molecule has 0 aliphatic carbocycles. The Morgan fingerprint density at radius 1 is 1.05 bits per heavy atom. The number of carbonyl (C=O) groups is 1. The lowest BCUT2D eigenvalue weighted by Gasteiger charge is -2.05. The van der Waals surface area contributed by atoms with Gasteiger partial charge in [0.05, 0.1) is 0 Å². The van der Waals surface area contributed by atoms with Crippen LogP contribution >= 0.6 is 27.5 Å². The molecule has 0 bridgehead atoms. The zero-order chi connectivity index (χ0) is 15.5. The molecule has 0 spiro atoms. The fraction of sp³-hybridized carbons (Fsp3) is 0.0625. The largest absolute Gasteiger partial charge is 0.292 e. The minimum absolute atomic E-state index is 0.0538. The zero-order valence-electron chi connectivity index (χ0n) is 11.4.